The Balaban J connectivity index is 1.37. The van der Waals surface area contributed by atoms with Gasteiger partial charge in [-0.05, 0) is 49.8 Å². The molecule has 0 bridgehead atoms. The van der Waals surface area contributed by atoms with E-state index in [4.69, 9.17) is 31.4 Å². The molecule has 3 aliphatic heterocycles. The highest BCUT2D eigenvalue weighted by Crippen LogP contribution is 2.37. The van der Waals surface area contributed by atoms with E-state index in [1.54, 1.807) is 24.4 Å². The number of carbonyl (C=O) groups excluding carboxylic acids is 1. The van der Waals surface area contributed by atoms with Crippen molar-refractivity contribution < 1.29 is 19.0 Å². The highest BCUT2D eigenvalue weighted by Gasteiger charge is 2.34. The number of anilines is 1. The molecule has 0 saturated carbocycles. The molecule has 5 heterocycles. The third-order valence-electron chi connectivity index (χ3n) is 6.39. The Morgan fingerprint density at radius 3 is 2.70 bits per heavy atom. The van der Waals surface area contributed by atoms with E-state index >= 15 is 0 Å². The van der Waals surface area contributed by atoms with E-state index in [1.807, 2.05) is 38.1 Å². The van der Waals surface area contributed by atoms with Crippen molar-refractivity contribution in [2.24, 2.45) is 0 Å². The van der Waals surface area contributed by atoms with Crippen LogP contribution in [0.25, 0.3) is 11.7 Å². The molecule has 0 aliphatic carbocycles. The number of thioether (sulfide) groups is 1. The first-order valence-electron chi connectivity index (χ1n) is 11.9. The summed E-state index contributed by atoms with van der Waals surface area (Å²) in [4.78, 5) is 35.9. The van der Waals surface area contributed by atoms with E-state index < -0.39 is 0 Å². The molecule has 0 radical (unpaired) electrons. The van der Waals surface area contributed by atoms with Crippen LogP contribution in [-0.4, -0.2) is 56.6 Å². The van der Waals surface area contributed by atoms with Crippen LogP contribution in [0.3, 0.4) is 0 Å². The maximum atomic E-state index is 13.6. The van der Waals surface area contributed by atoms with Crippen molar-refractivity contribution >= 4 is 51.7 Å². The third kappa shape index (κ3) is 4.47. The van der Waals surface area contributed by atoms with Crippen LogP contribution in [-0.2, 0) is 16.1 Å². The second-order valence-corrected chi connectivity index (χ2v) is 10.9. The minimum absolute atomic E-state index is 0.0208. The van der Waals surface area contributed by atoms with Crippen LogP contribution in [0, 0.1) is 0 Å². The zero-order valence-electron chi connectivity index (χ0n) is 20.2. The van der Waals surface area contributed by atoms with Crippen LogP contribution in [0.5, 0.6) is 11.5 Å². The van der Waals surface area contributed by atoms with E-state index in [2.05, 4.69) is 4.90 Å². The Morgan fingerprint density at radius 2 is 1.89 bits per heavy atom. The number of hydrogen-bond donors (Lipinski definition) is 0. The summed E-state index contributed by atoms with van der Waals surface area (Å²) < 4.78 is 18.6. The predicted octanol–water partition coefficient (Wildman–Crippen LogP) is 3.44. The van der Waals surface area contributed by atoms with Gasteiger partial charge < -0.3 is 19.1 Å². The molecule has 2 unspecified atom stereocenters. The highest BCUT2D eigenvalue weighted by molar-refractivity contribution is 8.26. The van der Waals surface area contributed by atoms with Crippen LogP contribution >= 0.6 is 24.0 Å². The SMILES string of the molecule is CC1CN(c2nc3ccccn3c(=O)c2/C=C2/SC(=S)N(Cc3ccc4c(c3)OCO4)C2=O)CC(C)O1. The van der Waals surface area contributed by atoms with Crippen LogP contribution in [0.1, 0.15) is 25.0 Å². The molecule has 6 rings (SSSR count). The monoisotopic (exact) mass is 536 g/mol. The first-order chi connectivity index (χ1) is 17.9. The molecule has 2 atom stereocenters. The van der Waals surface area contributed by atoms with Gasteiger partial charge in [0.15, 0.2) is 11.5 Å². The van der Waals surface area contributed by atoms with Crippen LogP contribution in [0.15, 0.2) is 52.3 Å². The van der Waals surface area contributed by atoms with Gasteiger partial charge >= 0.3 is 0 Å². The minimum atomic E-state index is -0.250. The number of fused-ring (bicyclic) bond motifs is 2. The topological polar surface area (TPSA) is 85.6 Å². The number of carbonyl (C=O) groups is 1. The zero-order valence-corrected chi connectivity index (χ0v) is 21.9. The lowest BCUT2D eigenvalue weighted by Crippen LogP contribution is -2.46. The van der Waals surface area contributed by atoms with Crippen molar-refractivity contribution in [2.45, 2.75) is 32.6 Å². The lowest BCUT2D eigenvalue weighted by Gasteiger charge is -2.36. The van der Waals surface area contributed by atoms with Crippen molar-refractivity contribution in [1.29, 1.82) is 0 Å². The number of pyridine rings is 1. The lowest BCUT2D eigenvalue weighted by atomic mass is 10.1. The number of amides is 1. The minimum Gasteiger partial charge on any atom is -0.454 e. The van der Waals surface area contributed by atoms with Crippen LogP contribution in [0.2, 0.25) is 0 Å². The number of nitrogens with zero attached hydrogens (tertiary/aromatic N) is 4. The number of morpholine rings is 1. The zero-order chi connectivity index (χ0) is 25.7. The summed E-state index contributed by atoms with van der Waals surface area (Å²) in [6.45, 7) is 5.65. The van der Waals surface area contributed by atoms with Crippen molar-refractivity contribution in [3.8, 4) is 11.5 Å². The molecular formula is C26H24N4O5S2. The molecule has 37 heavy (non-hydrogen) atoms. The van der Waals surface area contributed by atoms with E-state index in [0.29, 0.717) is 57.4 Å². The largest absolute Gasteiger partial charge is 0.454 e. The smallest absolute Gasteiger partial charge is 0.267 e. The summed E-state index contributed by atoms with van der Waals surface area (Å²) in [7, 11) is 0. The van der Waals surface area contributed by atoms with E-state index in [1.165, 1.54) is 21.1 Å². The molecule has 2 fully saturated rings. The van der Waals surface area contributed by atoms with Gasteiger partial charge in [-0.15, -0.1) is 0 Å². The third-order valence-corrected chi connectivity index (χ3v) is 7.77. The first kappa shape index (κ1) is 24.0. The molecule has 1 aromatic carbocycles. The molecule has 9 nitrogen and oxygen atoms in total. The number of rotatable bonds is 4. The normalized spacial score (nSPS) is 22.5. The predicted molar refractivity (Wildman–Crippen MR) is 145 cm³/mol. The molecule has 2 saturated heterocycles. The maximum Gasteiger partial charge on any atom is 0.267 e. The summed E-state index contributed by atoms with van der Waals surface area (Å²) >= 11 is 6.74. The van der Waals surface area contributed by atoms with E-state index in [-0.39, 0.29) is 30.5 Å². The molecule has 0 spiro atoms. The Labute approximate surface area is 222 Å². The number of thiocarbonyl (C=S) groups is 1. The average molecular weight is 537 g/mol. The van der Waals surface area contributed by atoms with E-state index in [9.17, 15) is 9.59 Å². The van der Waals surface area contributed by atoms with Crippen molar-refractivity contribution in [2.75, 3.05) is 24.8 Å². The number of benzene rings is 1. The summed E-state index contributed by atoms with van der Waals surface area (Å²) in [5, 5.41) is 0. The van der Waals surface area contributed by atoms with Crippen molar-refractivity contribution in [3.05, 3.63) is 69.0 Å². The molecular weight excluding hydrogens is 512 g/mol. The van der Waals surface area contributed by atoms with Gasteiger partial charge in [0.2, 0.25) is 6.79 Å². The molecule has 3 aliphatic rings. The Hall–Kier alpha value is -3.41. The quantitative estimate of drug-likeness (QED) is 0.368. The van der Waals surface area contributed by atoms with Gasteiger partial charge in [0, 0.05) is 19.3 Å². The highest BCUT2D eigenvalue weighted by atomic mass is 32.2. The summed E-state index contributed by atoms with van der Waals surface area (Å²) in [6, 6.07) is 11.0. The molecule has 190 valence electrons. The van der Waals surface area contributed by atoms with Crippen LogP contribution < -0.4 is 19.9 Å². The summed E-state index contributed by atoms with van der Waals surface area (Å²) in [5.74, 6) is 1.61. The number of ether oxygens (including phenoxy) is 3. The van der Waals surface area contributed by atoms with Gasteiger partial charge in [-0.3, -0.25) is 18.9 Å². The first-order valence-corrected chi connectivity index (χ1v) is 13.2. The van der Waals surface area contributed by atoms with E-state index in [0.717, 1.165) is 5.56 Å². The fourth-order valence-corrected chi connectivity index (χ4v) is 6.04. The molecule has 1 amide bonds. The van der Waals surface area contributed by atoms with Crippen LogP contribution in [0.4, 0.5) is 5.82 Å². The summed E-state index contributed by atoms with van der Waals surface area (Å²) in [6.07, 6.45) is 3.27. The summed E-state index contributed by atoms with van der Waals surface area (Å²) in [5.41, 5.74) is 1.52. The second kappa shape index (κ2) is 9.47. The Morgan fingerprint density at radius 1 is 1.11 bits per heavy atom. The second-order valence-electron chi connectivity index (χ2n) is 9.20. The van der Waals surface area contributed by atoms with Gasteiger partial charge in [0.1, 0.15) is 15.8 Å². The fraction of sp³-hybridized carbons (Fsp3) is 0.308. The number of hydrogen-bond acceptors (Lipinski definition) is 9. The van der Waals surface area contributed by atoms with Crippen molar-refractivity contribution in [3.63, 3.8) is 0 Å². The van der Waals surface area contributed by atoms with Gasteiger partial charge in [-0.2, -0.15) is 0 Å². The van der Waals surface area contributed by atoms with Gasteiger partial charge in [0.25, 0.3) is 11.5 Å². The van der Waals surface area contributed by atoms with Crippen molar-refractivity contribution in [1.82, 2.24) is 14.3 Å². The van der Waals surface area contributed by atoms with Gasteiger partial charge in [-0.1, -0.05) is 36.1 Å². The molecule has 11 heteroatoms. The molecule has 3 aromatic rings. The Bertz CT molecular complexity index is 1510. The number of aromatic nitrogens is 2. The van der Waals surface area contributed by atoms with Gasteiger partial charge in [0.05, 0.1) is 29.2 Å². The average Bonchev–Trinajstić information content (AvgIpc) is 3.44. The lowest BCUT2D eigenvalue weighted by molar-refractivity contribution is -0.122. The fourth-order valence-electron chi connectivity index (χ4n) is 4.80. The molecule has 0 N–H and O–H groups in total. The standard InChI is InChI=1S/C26H24N4O5S2/c1-15-11-28(12-16(2)35-15)23-18(24(31)29-8-4-3-5-22(29)27-23)10-21-25(32)30(26(36)37-21)13-17-6-7-19-20(9-17)34-14-33-19/h3-10,15-16H,11-14H2,1-2H3/b21-10+. The molecule has 2 aromatic heterocycles. The Kier molecular flexibility index (Phi) is 6.13. The maximum absolute atomic E-state index is 13.6. The van der Waals surface area contributed by atoms with Gasteiger partial charge in [-0.25, -0.2) is 4.98 Å².